The first-order valence-electron chi connectivity index (χ1n) is 16.6. The Kier molecular flexibility index (Phi) is 6.53. The molecule has 0 N–H and O–H groups in total. The van der Waals surface area contributed by atoms with Crippen molar-refractivity contribution in [2.75, 3.05) is 0 Å². The van der Waals surface area contributed by atoms with Gasteiger partial charge in [0.05, 0.1) is 0 Å². The molecule has 0 bridgehead atoms. The van der Waals surface area contributed by atoms with Crippen LogP contribution in [0, 0.1) is 45.4 Å². The van der Waals surface area contributed by atoms with Crippen LogP contribution in [0.15, 0.2) is 108 Å². The van der Waals surface area contributed by atoms with Gasteiger partial charge < -0.3 is 0 Å². The standard InChI is InChI=1S/C44H42/c1-26-18-27(2)21-33(20-26)39-24-41-35-12-8-6-10-31(35)14-16-37(41)43(39)30(5)44-38-17-15-32-11-7-9-13-36(32)42(38)25-40(44)34-22-28(3)19-29(4)23-34/h6-13,18-25,30,43-44H,14-17H2,1-5H3. The van der Waals surface area contributed by atoms with Crippen LogP contribution in [-0.4, -0.2) is 0 Å². The topological polar surface area (TPSA) is 0 Å². The van der Waals surface area contributed by atoms with Crippen molar-refractivity contribution in [1.29, 1.82) is 0 Å². The number of fused-ring (bicyclic) bond motifs is 4. The Morgan fingerprint density at radius 2 is 0.886 bits per heavy atom. The van der Waals surface area contributed by atoms with Crippen LogP contribution in [-0.2, 0) is 12.8 Å². The van der Waals surface area contributed by atoms with E-state index in [4.69, 9.17) is 0 Å². The van der Waals surface area contributed by atoms with Gasteiger partial charge in [-0.2, -0.15) is 0 Å². The van der Waals surface area contributed by atoms with Crippen LogP contribution in [0.25, 0.3) is 22.3 Å². The summed E-state index contributed by atoms with van der Waals surface area (Å²) in [5, 5.41) is 0. The zero-order valence-electron chi connectivity index (χ0n) is 26.8. The second-order valence-corrected chi connectivity index (χ2v) is 14.0. The molecule has 0 amide bonds. The van der Waals surface area contributed by atoms with Crippen molar-refractivity contribution < 1.29 is 0 Å². The minimum Gasteiger partial charge on any atom is -0.0620 e. The molecule has 4 aliphatic rings. The average molecular weight is 571 g/mol. The van der Waals surface area contributed by atoms with Gasteiger partial charge in [0.15, 0.2) is 0 Å². The van der Waals surface area contributed by atoms with Gasteiger partial charge in [0.2, 0.25) is 0 Å². The smallest absolute Gasteiger partial charge is 0.00982 e. The van der Waals surface area contributed by atoms with Crippen LogP contribution in [0.5, 0.6) is 0 Å². The second-order valence-electron chi connectivity index (χ2n) is 14.0. The molecule has 0 aromatic heterocycles. The fourth-order valence-corrected chi connectivity index (χ4v) is 9.21. The molecule has 2 atom stereocenters. The molecule has 4 aromatic carbocycles. The van der Waals surface area contributed by atoms with E-state index in [0.717, 1.165) is 25.7 Å². The third-order valence-corrected chi connectivity index (χ3v) is 10.8. The Balaban J connectivity index is 1.32. The van der Waals surface area contributed by atoms with E-state index in [1.54, 1.807) is 11.1 Å². The van der Waals surface area contributed by atoms with E-state index in [1.807, 2.05) is 0 Å². The molecule has 0 saturated heterocycles. The summed E-state index contributed by atoms with van der Waals surface area (Å²) in [7, 11) is 0. The largest absolute Gasteiger partial charge is 0.0620 e. The van der Waals surface area contributed by atoms with Crippen molar-refractivity contribution in [3.05, 3.63) is 164 Å². The van der Waals surface area contributed by atoms with Gasteiger partial charge >= 0.3 is 0 Å². The van der Waals surface area contributed by atoms with Crippen molar-refractivity contribution in [3.63, 3.8) is 0 Å². The average Bonchev–Trinajstić information content (AvgIpc) is 3.60. The summed E-state index contributed by atoms with van der Waals surface area (Å²) in [6.45, 7) is 11.6. The molecule has 4 aliphatic carbocycles. The number of hydrogen-bond acceptors (Lipinski definition) is 0. The van der Waals surface area contributed by atoms with Gasteiger partial charge in [-0.05, 0) is 127 Å². The van der Waals surface area contributed by atoms with Crippen LogP contribution in [0.1, 0.15) is 75.4 Å². The highest BCUT2D eigenvalue weighted by Crippen LogP contribution is 2.57. The first-order chi connectivity index (χ1) is 21.4. The fraction of sp³-hybridized carbons (Fsp3) is 0.273. The molecule has 0 spiro atoms. The van der Waals surface area contributed by atoms with Gasteiger partial charge in [-0.1, -0.05) is 125 Å². The summed E-state index contributed by atoms with van der Waals surface area (Å²) in [6, 6.07) is 32.6. The molecule has 0 aliphatic heterocycles. The quantitative estimate of drug-likeness (QED) is 0.229. The Morgan fingerprint density at radius 3 is 1.30 bits per heavy atom. The molecule has 0 saturated carbocycles. The molecule has 0 radical (unpaired) electrons. The summed E-state index contributed by atoms with van der Waals surface area (Å²) in [5.74, 6) is 1.22. The summed E-state index contributed by atoms with van der Waals surface area (Å²) in [4.78, 5) is 0. The lowest BCUT2D eigenvalue weighted by Crippen LogP contribution is -2.26. The van der Waals surface area contributed by atoms with Crippen molar-refractivity contribution in [1.82, 2.24) is 0 Å². The van der Waals surface area contributed by atoms with Crippen LogP contribution in [0.3, 0.4) is 0 Å². The van der Waals surface area contributed by atoms with E-state index in [2.05, 4.69) is 132 Å². The lowest BCUT2D eigenvalue weighted by atomic mass is 9.67. The minimum atomic E-state index is 0.392. The fourth-order valence-electron chi connectivity index (χ4n) is 9.21. The van der Waals surface area contributed by atoms with E-state index in [0.29, 0.717) is 17.8 Å². The number of rotatable bonds is 4. The zero-order chi connectivity index (χ0) is 30.1. The maximum absolute atomic E-state index is 2.59. The molecular formula is C44H42. The van der Waals surface area contributed by atoms with E-state index in [1.165, 1.54) is 77.9 Å². The Bertz CT molecular complexity index is 1790. The van der Waals surface area contributed by atoms with Crippen molar-refractivity contribution in [3.8, 4) is 0 Å². The first kappa shape index (κ1) is 27.4. The third-order valence-electron chi connectivity index (χ3n) is 10.8. The predicted octanol–water partition coefficient (Wildman–Crippen LogP) is 11.1. The number of hydrogen-bond donors (Lipinski definition) is 0. The number of allylic oxidation sites excluding steroid dienone is 8. The van der Waals surface area contributed by atoms with Crippen molar-refractivity contribution in [2.45, 2.75) is 60.3 Å². The second kappa shape index (κ2) is 10.5. The van der Waals surface area contributed by atoms with Gasteiger partial charge in [0, 0.05) is 11.8 Å². The van der Waals surface area contributed by atoms with Gasteiger partial charge in [0.25, 0.3) is 0 Å². The molecule has 2 unspecified atom stereocenters. The highest BCUT2D eigenvalue weighted by molar-refractivity contribution is 5.98. The molecule has 0 heterocycles. The maximum Gasteiger partial charge on any atom is 0.00982 e. The summed E-state index contributed by atoms with van der Waals surface area (Å²) < 4.78 is 0. The van der Waals surface area contributed by atoms with Gasteiger partial charge in [-0.25, -0.2) is 0 Å². The predicted molar refractivity (Wildman–Crippen MR) is 187 cm³/mol. The SMILES string of the molecule is Cc1cc(C)cc(C2=CC3=C(CCc4ccccc43)C2C(C)C2C(c3cc(C)cc(C)c3)=CC3=C2CCc2ccccc23)c1. The molecule has 0 heteroatoms. The monoisotopic (exact) mass is 570 g/mol. The van der Waals surface area contributed by atoms with Crippen LogP contribution >= 0.6 is 0 Å². The van der Waals surface area contributed by atoms with Crippen LogP contribution in [0.4, 0.5) is 0 Å². The molecule has 44 heavy (non-hydrogen) atoms. The van der Waals surface area contributed by atoms with Gasteiger partial charge in [-0.3, -0.25) is 0 Å². The van der Waals surface area contributed by atoms with Crippen molar-refractivity contribution >= 4 is 22.3 Å². The first-order valence-corrected chi connectivity index (χ1v) is 16.6. The summed E-state index contributed by atoms with van der Waals surface area (Å²) >= 11 is 0. The minimum absolute atomic E-state index is 0.392. The number of aryl methyl sites for hydroxylation is 6. The van der Waals surface area contributed by atoms with Gasteiger partial charge in [0.1, 0.15) is 0 Å². The normalized spacial score (nSPS) is 20.9. The Hall–Kier alpha value is -4.16. The highest BCUT2D eigenvalue weighted by atomic mass is 14.5. The third kappa shape index (κ3) is 4.42. The molecule has 8 rings (SSSR count). The van der Waals surface area contributed by atoms with E-state index in [9.17, 15) is 0 Å². The van der Waals surface area contributed by atoms with Gasteiger partial charge in [-0.15, -0.1) is 0 Å². The van der Waals surface area contributed by atoms with Crippen LogP contribution < -0.4 is 0 Å². The van der Waals surface area contributed by atoms with E-state index in [-0.39, 0.29) is 0 Å². The maximum atomic E-state index is 2.59. The molecule has 0 fully saturated rings. The lowest BCUT2D eigenvalue weighted by molar-refractivity contribution is 0.411. The highest BCUT2D eigenvalue weighted by Gasteiger charge is 2.43. The number of benzene rings is 4. The van der Waals surface area contributed by atoms with Crippen molar-refractivity contribution in [2.24, 2.45) is 17.8 Å². The lowest BCUT2D eigenvalue weighted by Gasteiger charge is -2.36. The molecule has 0 nitrogen and oxygen atoms in total. The Labute approximate surface area is 263 Å². The Morgan fingerprint density at radius 1 is 0.500 bits per heavy atom. The molecule has 4 aromatic rings. The zero-order valence-corrected chi connectivity index (χ0v) is 26.8. The molecule has 218 valence electrons. The molecular weight excluding hydrogens is 528 g/mol. The van der Waals surface area contributed by atoms with Crippen LogP contribution in [0.2, 0.25) is 0 Å². The van der Waals surface area contributed by atoms with E-state index < -0.39 is 0 Å². The summed E-state index contributed by atoms with van der Waals surface area (Å²) in [5.41, 5.74) is 23.5. The van der Waals surface area contributed by atoms with E-state index >= 15 is 0 Å². The summed E-state index contributed by atoms with van der Waals surface area (Å²) in [6.07, 6.45) is 9.75.